The Kier molecular flexibility index (Phi) is 3.94. The summed E-state index contributed by atoms with van der Waals surface area (Å²) in [6.45, 7) is 4.57. The summed E-state index contributed by atoms with van der Waals surface area (Å²) in [6.07, 6.45) is 11.7. The van der Waals surface area contributed by atoms with Gasteiger partial charge < -0.3 is 5.11 Å². The van der Waals surface area contributed by atoms with Gasteiger partial charge in [-0.1, -0.05) is 46.0 Å². The second-order valence-corrected chi connectivity index (χ2v) is 6.57. The molecule has 2 aliphatic rings. The summed E-state index contributed by atoms with van der Waals surface area (Å²) in [5.41, 5.74) is 0.399. The van der Waals surface area contributed by atoms with E-state index in [9.17, 15) is 5.11 Å². The number of hydrogen-bond acceptors (Lipinski definition) is 1. The molecule has 1 nitrogen and oxygen atoms in total. The minimum atomic E-state index is 0.0185. The molecule has 0 amide bonds. The second-order valence-electron chi connectivity index (χ2n) is 6.57. The summed E-state index contributed by atoms with van der Waals surface area (Å²) in [7, 11) is 0. The van der Waals surface area contributed by atoms with E-state index in [1.54, 1.807) is 0 Å². The van der Waals surface area contributed by atoms with Crippen LogP contribution in [0.1, 0.15) is 71.6 Å². The Morgan fingerprint density at radius 3 is 2.62 bits per heavy atom. The van der Waals surface area contributed by atoms with E-state index in [0.717, 1.165) is 18.3 Å². The van der Waals surface area contributed by atoms with Gasteiger partial charge in [0.15, 0.2) is 0 Å². The van der Waals surface area contributed by atoms with Gasteiger partial charge in [0.05, 0.1) is 6.10 Å². The first kappa shape index (κ1) is 12.4. The van der Waals surface area contributed by atoms with Crippen molar-refractivity contribution in [1.82, 2.24) is 0 Å². The highest BCUT2D eigenvalue weighted by atomic mass is 16.3. The highest BCUT2D eigenvalue weighted by Crippen LogP contribution is 2.64. The molecule has 0 radical (unpaired) electrons. The molecule has 2 rings (SSSR count). The van der Waals surface area contributed by atoms with Gasteiger partial charge in [0.1, 0.15) is 0 Å². The first-order valence-corrected chi connectivity index (χ1v) is 7.33. The molecule has 16 heavy (non-hydrogen) atoms. The van der Waals surface area contributed by atoms with Crippen molar-refractivity contribution in [3.63, 3.8) is 0 Å². The van der Waals surface area contributed by atoms with Crippen molar-refractivity contribution in [3.05, 3.63) is 0 Å². The summed E-state index contributed by atoms with van der Waals surface area (Å²) < 4.78 is 0. The molecule has 0 heterocycles. The summed E-state index contributed by atoms with van der Waals surface area (Å²) in [6, 6.07) is 0. The Bertz CT molecular complexity index is 223. The number of aliphatic hydroxyl groups excluding tert-OH is 1. The van der Waals surface area contributed by atoms with E-state index in [4.69, 9.17) is 0 Å². The Morgan fingerprint density at radius 2 is 1.94 bits per heavy atom. The van der Waals surface area contributed by atoms with E-state index < -0.39 is 0 Å². The van der Waals surface area contributed by atoms with E-state index in [-0.39, 0.29) is 6.10 Å². The topological polar surface area (TPSA) is 20.2 Å². The minimum absolute atomic E-state index is 0.0185. The van der Waals surface area contributed by atoms with Crippen molar-refractivity contribution < 1.29 is 5.11 Å². The molecule has 0 saturated heterocycles. The molecular weight excluding hydrogens is 196 g/mol. The maximum absolute atomic E-state index is 10.3. The van der Waals surface area contributed by atoms with E-state index in [0.29, 0.717) is 5.41 Å². The Hall–Kier alpha value is -0.0400. The third kappa shape index (κ3) is 2.61. The van der Waals surface area contributed by atoms with Crippen molar-refractivity contribution in [2.45, 2.75) is 77.7 Å². The fraction of sp³-hybridized carbons (Fsp3) is 1.00. The Labute approximate surface area is 101 Å². The molecule has 0 aromatic carbocycles. The van der Waals surface area contributed by atoms with Crippen LogP contribution in [0.2, 0.25) is 0 Å². The molecule has 1 heteroatoms. The van der Waals surface area contributed by atoms with Crippen LogP contribution in [0.4, 0.5) is 0 Å². The SMILES string of the molecule is CC(C)CCCC[C@H](O)[C@]12CCCC[C@H]1C2. The molecule has 0 spiro atoms. The van der Waals surface area contributed by atoms with Crippen LogP contribution in [0.15, 0.2) is 0 Å². The van der Waals surface area contributed by atoms with Crippen molar-refractivity contribution in [2.75, 3.05) is 0 Å². The maximum atomic E-state index is 10.3. The van der Waals surface area contributed by atoms with Gasteiger partial charge in [0.25, 0.3) is 0 Å². The Balaban J connectivity index is 1.66. The van der Waals surface area contributed by atoms with Gasteiger partial charge in [-0.25, -0.2) is 0 Å². The monoisotopic (exact) mass is 224 g/mol. The molecule has 3 atom stereocenters. The van der Waals surface area contributed by atoms with Gasteiger partial charge in [-0.15, -0.1) is 0 Å². The second kappa shape index (κ2) is 5.08. The molecule has 1 N–H and O–H groups in total. The van der Waals surface area contributed by atoms with Crippen LogP contribution in [-0.2, 0) is 0 Å². The van der Waals surface area contributed by atoms with Crippen molar-refractivity contribution in [2.24, 2.45) is 17.3 Å². The molecule has 0 bridgehead atoms. The van der Waals surface area contributed by atoms with E-state index in [1.807, 2.05) is 0 Å². The van der Waals surface area contributed by atoms with Gasteiger partial charge in [-0.05, 0) is 42.9 Å². The predicted octanol–water partition coefficient (Wildman–Crippen LogP) is 4.14. The minimum Gasteiger partial charge on any atom is -0.393 e. The summed E-state index contributed by atoms with van der Waals surface area (Å²) in [5, 5.41) is 10.3. The normalized spacial score (nSPS) is 34.9. The number of unbranched alkanes of at least 4 members (excludes halogenated alkanes) is 1. The van der Waals surface area contributed by atoms with E-state index >= 15 is 0 Å². The number of fused-ring (bicyclic) bond motifs is 1. The largest absolute Gasteiger partial charge is 0.393 e. The molecule has 0 aromatic rings. The van der Waals surface area contributed by atoms with Crippen LogP contribution in [0.5, 0.6) is 0 Å². The zero-order valence-electron chi connectivity index (χ0n) is 11.0. The van der Waals surface area contributed by atoms with Crippen molar-refractivity contribution >= 4 is 0 Å². The van der Waals surface area contributed by atoms with Crippen LogP contribution >= 0.6 is 0 Å². The lowest BCUT2D eigenvalue weighted by Gasteiger charge is -2.27. The smallest absolute Gasteiger partial charge is 0.0599 e. The molecule has 94 valence electrons. The zero-order chi connectivity index (χ0) is 11.6. The molecular formula is C15H28O. The number of hydrogen-bond donors (Lipinski definition) is 1. The number of aliphatic hydroxyl groups is 1. The van der Waals surface area contributed by atoms with Gasteiger partial charge >= 0.3 is 0 Å². The fourth-order valence-electron chi connectivity index (χ4n) is 3.69. The summed E-state index contributed by atoms with van der Waals surface area (Å²) >= 11 is 0. The Morgan fingerprint density at radius 1 is 1.19 bits per heavy atom. The third-order valence-electron chi connectivity index (χ3n) is 4.90. The molecule has 0 unspecified atom stereocenters. The average molecular weight is 224 g/mol. The van der Waals surface area contributed by atoms with Crippen LogP contribution in [0.3, 0.4) is 0 Å². The lowest BCUT2D eigenvalue weighted by atomic mass is 9.82. The quantitative estimate of drug-likeness (QED) is 0.672. The zero-order valence-corrected chi connectivity index (χ0v) is 11.0. The van der Waals surface area contributed by atoms with Gasteiger partial charge in [-0.2, -0.15) is 0 Å². The summed E-state index contributed by atoms with van der Waals surface area (Å²) in [4.78, 5) is 0. The van der Waals surface area contributed by atoms with Crippen LogP contribution in [0, 0.1) is 17.3 Å². The molecule has 2 fully saturated rings. The van der Waals surface area contributed by atoms with Crippen LogP contribution < -0.4 is 0 Å². The lowest BCUT2D eigenvalue weighted by molar-refractivity contribution is 0.0560. The molecule has 2 saturated carbocycles. The van der Waals surface area contributed by atoms with Gasteiger partial charge in [0, 0.05) is 0 Å². The standard InChI is InChI=1S/C15H28O/c1-12(2)7-3-4-9-14(16)15-10-6-5-8-13(15)11-15/h12-14,16H,3-11H2,1-2H3/t13-,14-,15-/m0/s1. The fourth-order valence-corrected chi connectivity index (χ4v) is 3.69. The molecule has 2 aliphatic carbocycles. The maximum Gasteiger partial charge on any atom is 0.0599 e. The van der Waals surface area contributed by atoms with Gasteiger partial charge in [-0.3, -0.25) is 0 Å². The first-order chi connectivity index (χ1) is 7.65. The average Bonchev–Trinajstić information content (AvgIpc) is 2.99. The lowest BCUT2D eigenvalue weighted by Crippen LogP contribution is -2.26. The molecule has 0 aliphatic heterocycles. The van der Waals surface area contributed by atoms with Crippen LogP contribution in [-0.4, -0.2) is 11.2 Å². The van der Waals surface area contributed by atoms with Crippen molar-refractivity contribution in [1.29, 1.82) is 0 Å². The highest BCUT2D eigenvalue weighted by Gasteiger charge is 2.58. The third-order valence-corrected chi connectivity index (χ3v) is 4.90. The van der Waals surface area contributed by atoms with Crippen LogP contribution in [0.25, 0.3) is 0 Å². The van der Waals surface area contributed by atoms with Crippen molar-refractivity contribution in [3.8, 4) is 0 Å². The van der Waals surface area contributed by atoms with E-state index in [2.05, 4.69) is 13.8 Å². The molecule has 0 aromatic heterocycles. The highest BCUT2D eigenvalue weighted by molar-refractivity contribution is 5.08. The number of rotatable bonds is 6. The predicted molar refractivity (Wildman–Crippen MR) is 68.3 cm³/mol. The summed E-state index contributed by atoms with van der Waals surface area (Å²) in [5.74, 6) is 1.71. The van der Waals surface area contributed by atoms with Gasteiger partial charge in [0.2, 0.25) is 0 Å². The van der Waals surface area contributed by atoms with E-state index in [1.165, 1.54) is 51.4 Å². The first-order valence-electron chi connectivity index (χ1n) is 7.33.